The third-order valence-corrected chi connectivity index (χ3v) is 6.54. The number of carbonyl (C=O) groups is 2. The molecule has 7 heteroatoms. The number of thioether (sulfide) groups is 1. The van der Waals surface area contributed by atoms with Gasteiger partial charge in [-0.25, -0.2) is 9.79 Å². The molecule has 0 aromatic heterocycles. The minimum absolute atomic E-state index is 0.0235. The SMILES string of the molecule is Cc1ccc(N=C2S/C(=C/c3cccc(OCC(=O)O)c3)C(=O)N2C2CCCCC2)cc1. The number of benzene rings is 2. The van der Waals surface area contributed by atoms with Crippen LogP contribution in [0.5, 0.6) is 5.75 Å². The number of aliphatic carboxylic acids is 1. The first-order chi connectivity index (χ1) is 15.5. The second-order valence-corrected chi connectivity index (χ2v) is 9.07. The van der Waals surface area contributed by atoms with Crippen LogP contribution < -0.4 is 4.74 Å². The fourth-order valence-electron chi connectivity index (χ4n) is 3.95. The van der Waals surface area contributed by atoms with Crippen LogP contribution in [-0.4, -0.2) is 39.7 Å². The number of carboxylic acids is 1. The van der Waals surface area contributed by atoms with Gasteiger partial charge in [0.05, 0.1) is 10.6 Å². The molecule has 1 saturated carbocycles. The number of ether oxygens (including phenoxy) is 1. The van der Waals surface area contributed by atoms with Crippen molar-refractivity contribution in [1.29, 1.82) is 0 Å². The molecule has 0 bridgehead atoms. The molecule has 166 valence electrons. The summed E-state index contributed by atoms with van der Waals surface area (Å²) in [4.78, 5) is 31.5. The van der Waals surface area contributed by atoms with Crippen molar-refractivity contribution in [1.82, 2.24) is 4.90 Å². The van der Waals surface area contributed by atoms with Crippen molar-refractivity contribution in [2.24, 2.45) is 4.99 Å². The number of carbonyl (C=O) groups excluding carboxylic acids is 1. The maximum atomic E-state index is 13.4. The summed E-state index contributed by atoms with van der Waals surface area (Å²) in [5.41, 5.74) is 2.78. The Morgan fingerprint density at radius 3 is 2.66 bits per heavy atom. The van der Waals surface area contributed by atoms with Crippen LogP contribution in [-0.2, 0) is 9.59 Å². The van der Waals surface area contributed by atoms with Gasteiger partial charge in [-0.05, 0) is 67.4 Å². The number of rotatable bonds is 6. The lowest BCUT2D eigenvalue weighted by molar-refractivity contribution is -0.139. The number of hydrogen-bond donors (Lipinski definition) is 1. The lowest BCUT2D eigenvalue weighted by Gasteiger charge is -2.30. The third-order valence-electron chi connectivity index (χ3n) is 5.55. The molecule has 2 aromatic rings. The predicted molar refractivity (Wildman–Crippen MR) is 127 cm³/mol. The number of hydrogen-bond acceptors (Lipinski definition) is 5. The average Bonchev–Trinajstić information content (AvgIpc) is 3.09. The van der Waals surface area contributed by atoms with E-state index in [0.717, 1.165) is 42.1 Å². The molecule has 0 unspecified atom stereocenters. The van der Waals surface area contributed by atoms with E-state index in [0.29, 0.717) is 10.7 Å². The van der Waals surface area contributed by atoms with Gasteiger partial charge in [0.1, 0.15) is 5.75 Å². The van der Waals surface area contributed by atoms with Crippen molar-refractivity contribution in [2.45, 2.75) is 45.1 Å². The van der Waals surface area contributed by atoms with Gasteiger partial charge in [-0.2, -0.15) is 0 Å². The van der Waals surface area contributed by atoms with Crippen LogP contribution in [0.2, 0.25) is 0 Å². The van der Waals surface area contributed by atoms with E-state index in [9.17, 15) is 9.59 Å². The van der Waals surface area contributed by atoms with Crippen LogP contribution in [0.1, 0.15) is 43.2 Å². The lowest BCUT2D eigenvalue weighted by Crippen LogP contribution is -2.40. The molecular formula is C25H26N2O4S. The minimum Gasteiger partial charge on any atom is -0.482 e. The van der Waals surface area contributed by atoms with Crippen molar-refractivity contribution < 1.29 is 19.4 Å². The Bertz CT molecular complexity index is 1060. The van der Waals surface area contributed by atoms with Crippen molar-refractivity contribution in [2.75, 3.05) is 6.61 Å². The molecule has 0 atom stereocenters. The topological polar surface area (TPSA) is 79.2 Å². The molecular weight excluding hydrogens is 424 g/mol. The molecule has 2 aliphatic rings. The van der Waals surface area contributed by atoms with Crippen LogP contribution in [0.4, 0.5) is 5.69 Å². The fourth-order valence-corrected chi connectivity index (χ4v) is 5.00. The normalized spacial score (nSPS) is 19.7. The van der Waals surface area contributed by atoms with Gasteiger partial charge >= 0.3 is 5.97 Å². The van der Waals surface area contributed by atoms with Crippen LogP contribution in [0, 0.1) is 6.92 Å². The maximum absolute atomic E-state index is 13.4. The average molecular weight is 451 g/mol. The quantitative estimate of drug-likeness (QED) is 0.597. The molecule has 4 rings (SSSR count). The van der Waals surface area contributed by atoms with E-state index in [1.54, 1.807) is 18.2 Å². The molecule has 1 amide bonds. The minimum atomic E-state index is -1.03. The largest absolute Gasteiger partial charge is 0.482 e. The van der Waals surface area contributed by atoms with Crippen molar-refractivity contribution in [3.05, 3.63) is 64.6 Å². The number of aliphatic imine (C=N–C) groups is 1. The first kappa shape index (κ1) is 22.1. The van der Waals surface area contributed by atoms with Crippen LogP contribution in [0.25, 0.3) is 6.08 Å². The van der Waals surface area contributed by atoms with E-state index in [4.69, 9.17) is 14.8 Å². The summed E-state index contributed by atoms with van der Waals surface area (Å²) in [5, 5.41) is 9.54. The van der Waals surface area contributed by atoms with E-state index in [2.05, 4.69) is 0 Å². The summed E-state index contributed by atoms with van der Waals surface area (Å²) < 4.78 is 5.27. The number of carboxylic acid groups (broad SMARTS) is 1. The number of aryl methyl sites for hydroxylation is 1. The van der Waals surface area contributed by atoms with E-state index in [1.165, 1.54) is 23.7 Å². The highest BCUT2D eigenvalue weighted by Crippen LogP contribution is 2.38. The summed E-state index contributed by atoms with van der Waals surface area (Å²) in [6, 6.07) is 15.2. The summed E-state index contributed by atoms with van der Waals surface area (Å²) in [6.07, 6.45) is 7.27. The first-order valence-electron chi connectivity index (χ1n) is 10.8. The highest BCUT2D eigenvalue weighted by Gasteiger charge is 2.38. The monoisotopic (exact) mass is 450 g/mol. The predicted octanol–water partition coefficient (Wildman–Crippen LogP) is 5.40. The Balaban J connectivity index is 1.63. The summed E-state index contributed by atoms with van der Waals surface area (Å²) in [5.74, 6) is -0.602. The van der Waals surface area contributed by atoms with Crippen LogP contribution in [0.15, 0.2) is 58.4 Å². The molecule has 2 fully saturated rings. The smallest absolute Gasteiger partial charge is 0.341 e. The number of amides is 1. The summed E-state index contributed by atoms with van der Waals surface area (Å²) >= 11 is 1.39. The molecule has 0 spiro atoms. The van der Waals surface area contributed by atoms with E-state index in [-0.39, 0.29) is 11.9 Å². The van der Waals surface area contributed by atoms with Crippen LogP contribution >= 0.6 is 11.8 Å². The number of nitrogens with zero attached hydrogens (tertiary/aromatic N) is 2. The van der Waals surface area contributed by atoms with E-state index < -0.39 is 12.6 Å². The number of amidine groups is 1. The molecule has 1 aliphatic carbocycles. The van der Waals surface area contributed by atoms with Gasteiger partial charge in [-0.15, -0.1) is 0 Å². The molecule has 6 nitrogen and oxygen atoms in total. The van der Waals surface area contributed by atoms with Crippen LogP contribution in [0.3, 0.4) is 0 Å². The zero-order valence-corrected chi connectivity index (χ0v) is 18.8. The van der Waals surface area contributed by atoms with Gasteiger partial charge in [0, 0.05) is 6.04 Å². The van der Waals surface area contributed by atoms with Gasteiger partial charge in [0.15, 0.2) is 11.8 Å². The molecule has 0 radical (unpaired) electrons. The summed E-state index contributed by atoms with van der Waals surface area (Å²) in [6.45, 7) is 1.63. The van der Waals surface area contributed by atoms with E-state index in [1.807, 2.05) is 48.2 Å². The zero-order chi connectivity index (χ0) is 22.5. The third kappa shape index (κ3) is 5.40. The standard InChI is InChI=1S/C25H26N2O4S/c1-17-10-12-19(13-11-17)26-25-27(20-7-3-2-4-8-20)24(30)22(32-25)15-18-6-5-9-21(14-18)31-16-23(28)29/h5-6,9-15,20H,2-4,7-8,16H2,1H3,(H,28,29)/b22-15+,26-25?. The van der Waals surface area contributed by atoms with Crippen molar-refractivity contribution in [3.8, 4) is 5.75 Å². The molecule has 1 aliphatic heterocycles. The highest BCUT2D eigenvalue weighted by atomic mass is 32.2. The second-order valence-electron chi connectivity index (χ2n) is 8.06. The molecule has 2 aromatic carbocycles. The Morgan fingerprint density at radius 2 is 1.94 bits per heavy atom. The molecule has 1 saturated heterocycles. The Kier molecular flexibility index (Phi) is 6.95. The summed E-state index contributed by atoms with van der Waals surface area (Å²) in [7, 11) is 0. The Morgan fingerprint density at radius 1 is 1.19 bits per heavy atom. The fraction of sp³-hybridized carbons (Fsp3) is 0.320. The van der Waals surface area contributed by atoms with Gasteiger partial charge in [0.2, 0.25) is 0 Å². The Hall–Kier alpha value is -3.06. The van der Waals surface area contributed by atoms with E-state index >= 15 is 0 Å². The lowest BCUT2D eigenvalue weighted by atomic mass is 9.94. The maximum Gasteiger partial charge on any atom is 0.341 e. The first-order valence-corrected chi connectivity index (χ1v) is 11.6. The van der Waals surface area contributed by atoms with Gasteiger partial charge in [-0.3, -0.25) is 9.69 Å². The molecule has 32 heavy (non-hydrogen) atoms. The second kappa shape index (κ2) is 10.0. The Labute approximate surface area is 192 Å². The van der Waals surface area contributed by atoms with Gasteiger partial charge in [-0.1, -0.05) is 49.1 Å². The van der Waals surface area contributed by atoms with Crippen molar-refractivity contribution in [3.63, 3.8) is 0 Å². The van der Waals surface area contributed by atoms with Crippen molar-refractivity contribution >= 4 is 40.6 Å². The highest BCUT2D eigenvalue weighted by molar-refractivity contribution is 8.18. The zero-order valence-electron chi connectivity index (χ0n) is 18.0. The molecule has 1 N–H and O–H groups in total. The molecule has 1 heterocycles. The van der Waals surface area contributed by atoms with Gasteiger partial charge < -0.3 is 9.84 Å². The van der Waals surface area contributed by atoms with Gasteiger partial charge in [0.25, 0.3) is 5.91 Å².